The Kier molecular flexibility index (Phi) is 5.86. The molecular weight excluding hydrogens is 344 g/mol. The highest BCUT2D eigenvalue weighted by Gasteiger charge is 2.17. The van der Waals surface area contributed by atoms with Gasteiger partial charge in [0.2, 0.25) is 5.91 Å². The van der Waals surface area contributed by atoms with E-state index in [2.05, 4.69) is 16.6 Å². The van der Waals surface area contributed by atoms with Crippen LogP contribution in [0.25, 0.3) is 0 Å². The summed E-state index contributed by atoms with van der Waals surface area (Å²) < 4.78 is 10.4. The summed E-state index contributed by atoms with van der Waals surface area (Å²) in [5.74, 6) is 0.629. The van der Waals surface area contributed by atoms with Gasteiger partial charge in [-0.3, -0.25) is 9.59 Å². The number of amides is 1. The number of hydrogen-bond acceptors (Lipinski definition) is 5. The number of ether oxygens (including phenoxy) is 2. The highest BCUT2D eigenvalue weighted by Crippen LogP contribution is 2.28. The number of hydrogen-bond donors (Lipinski definition) is 1. The smallest absolute Gasteiger partial charge is 0.240 e. The molecule has 0 spiro atoms. The van der Waals surface area contributed by atoms with Gasteiger partial charge in [0.1, 0.15) is 0 Å². The van der Waals surface area contributed by atoms with Gasteiger partial charge in [-0.1, -0.05) is 24.3 Å². The summed E-state index contributed by atoms with van der Waals surface area (Å²) in [5, 5.41) is 4.23. The maximum atomic E-state index is 12.3. The molecule has 6 heteroatoms. The van der Waals surface area contributed by atoms with Gasteiger partial charge < -0.3 is 9.47 Å². The van der Waals surface area contributed by atoms with Gasteiger partial charge >= 0.3 is 0 Å². The normalized spacial score (nSPS) is 13.9. The number of rotatable bonds is 7. The average Bonchev–Trinajstić information content (AvgIpc) is 3.13. The van der Waals surface area contributed by atoms with Crippen LogP contribution < -0.4 is 14.9 Å². The van der Waals surface area contributed by atoms with Crippen LogP contribution in [0.4, 0.5) is 0 Å². The van der Waals surface area contributed by atoms with Crippen molar-refractivity contribution < 1.29 is 19.1 Å². The molecule has 1 aliphatic rings. The molecule has 0 saturated carbocycles. The molecule has 140 valence electrons. The molecule has 0 fully saturated rings. The van der Waals surface area contributed by atoms with Crippen molar-refractivity contribution in [1.29, 1.82) is 0 Å². The van der Waals surface area contributed by atoms with Crippen molar-refractivity contribution in [3.8, 4) is 11.5 Å². The Labute approximate surface area is 158 Å². The van der Waals surface area contributed by atoms with E-state index in [0.29, 0.717) is 17.1 Å². The highest BCUT2D eigenvalue weighted by atomic mass is 16.5. The summed E-state index contributed by atoms with van der Waals surface area (Å²) in [4.78, 5) is 24.4. The van der Waals surface area contributed by atoms with Crippen molar-refractivity contribution in [2.45, 2.75) is 25.7 Å². The Hall–Kier alpha value is -3.15. The van der Waals surface area contributed by atoms with E-state index in [4.69, 9.17) is 9.47 Å². The van der Waals surface area contributed by atoms with Gasteiger partial charge in [-0.05, 0) is 36.6 Å². The lowest BCUT2D eigenvalue weighted by atomic mass is 10.1. The molecule has 0 heterocycles. The van der Waals surface area contributed by atoms with Crippen molar-refractivity contribution in [3.05, 3.63) is 59.2 Å². The van der Waals surface area contributed by atoms with Crippen molar-refractivity contribution in [3.63, 3.8) is 0 Å². The highest BCUT2D eigenvalue weighted by molar-refractivity contribution is 6.05. The molecule has 0 bridgehead atoms. The zero-order chi connectivity index (χ0) is 19.2. The molecule has 2 aromatic rings. The van der Waals surface area contributed by atoms with E-state index >= 15 is 0 Å². The summed E-state index contributed by atoms with van der Waals surface area (Å²) in [6.07, 6.45) is 1.92. The predicted molar refractivity (Wildman–Crippen MR) is 103 cm³/mol. The van der Waals surface area contributed by atoms with Gasteiger partial charge in [-0.2, -0.15) is 5.10 Å². The molecule has 1 aliphatic carbocycles. The number of hydrazone groups is 1. The first-order valence-electron chi connectivity index (χ1n) is 8.81. The second-order valence-electron chi connectivity index (χ2n) is 6.24. The van der Waals surface area contributed by atoms with Crippen LogP contribution in [0.2, 0.25) is 0 Å². The lowest BCUT2D eigenvalue weighted by Gasteiger charge is -2.09. The van der Waals surface area contributed by atoms with Crippen molar-refractivity contribution in [2.24, 2.45) is 5.10 Å². The van der Waals surface area contributed by atoms with Gasteiger partial charge in [0, 0.05) is 24.0 Å². The lowest BCUT2D eigenvalue weighted by Crippen LogP contribution is -2.20. The minimum Gasteiger partial charge on any atom is -0.493 e. The number of methoxy groups -OCH3 is 2. The van der Waals surface area contributed by atoms with E-state index in [0.717, 1.165) is 24.1 Å². The van der Waals surface area contributed by atoms with E-state index < -0.39 is 0 Å². The van der Waals surface area contributed by atoms with E-state index in [1.807, 2.05) is 18.2 Å². The molecule has 0 radical (unpaired) electrons. The van der Waals surface area contributed by atoms with Crippen LogP contribution in [0.3, 0.4) is 0 Å². The van der Waals surface area contributed by atoms with Crippen LogP contribution >= 0.6 is 0 Å². The zero-order valence-electron chi connectivity index (χ0n) is 15.5. The Bertz CT molecular complexity index is 890. The summed E-state index contributed by atoms with van der Waals surface area (Å²) in [7, 11) is 3.05. The molecule has 0 unspecified atom stereocenters. The maximum absolute atomic E-state index is 12.3. The molecule has 0 aliphatic heterocycles. The minimum absolute atomic E-state index is 0.0750. The second-order valence-corrected chi connectivity index (χ2v) is 6.24. The van der Waals surface area contributed by atoms with E-state index in [9.17, 15) is 9.59 Å². The first-order chi connectivity index (χ1) is 13.1. The van der Waals surface area contributed by atoms with Gasteiger partial charge in [0.05, 0.1) is 19.9 Å². The van der Waals surface area contributed by atoms with Crippen LogP contribution in [-0.2, 0) is 11.2 Å². The standard InChI is InChI=1S/C21H22N2O4/c1-26-19-11-8-15(13-20(19)27-2)18(24)10-12-21(25)23-22-17-9-7-14-5-3-4-6-16(14)17/h3-6,8,11,13H,7,9-10,12H2,1-2H3,(H,23,25)/b22-17+. The van der Waals surface area contributed by atoms with Gasteiger partial charge in [0.15, 0.2) is 17.3 Å². The Balaban J connectivity index is 1.55. The number of carbonyl (C=O) groups excluding carboxylic acids is 2. The average molecular weight is 366 g/mol. The number of Topliss-reactive ketones (excluding diaryl/α,β-unsaturated/α-hetero) is 1. The van der Waals surface area contributed by atoms with Crippen LogP contribution in [0, 0.1) is 0 Å². The number of benzene rings is 2. The van der Waals surface area contributed by atoms with Crippen molar-refractivity contribution in [1.82, 2.24) is 5.43 Å². The summed E-state index contributed by atoms with van der Waals surface area (Å²) in [5.41, 5.74) is 6.26. The van der Waals surface area contributed by atoms with E-state index in [1.54, 1.807) is 18.2 Å². The summed E-state index contributed by atoms with van der Waals surface area (Å²) in [6, 6.07) is 13.0. The van der Waals surface area contributed by atoms with Gasteiger partial charge in [0.25, 0.3) is 0 Å². The van der Waals surface area contributed by atoms with Crippen LogP contribution in [0.5, 0.6) is 11.5 Å². The Morgan fingerprint density at radius 2 is 1.78 bits per heavy atom. The molecule has 0 aromatic heterocycles. The molecule has 1 amide bonds. The van der Waals surface area contributed by atoms with E-state index in [1.165, 1.54) is 19.8 Å². The molecule has 2 aromatic carbocycles. The first kappa shape index (κ1) is 18.6. The predicted octanol–water partition coefficient (Wildman–Crippen LogP) is 3.13. The topological polar surface area (TPSA) is 77.0 Å². The number of fused-ring (bicyclic) bond motifs is 1. The van der Waals surface area contributed by atoms with Crippen molar-refractivity contribution in [2.75, 3.05) is 14.2 Å². The largest absolute Gasteiger partial charge is 0.493 e. The number of ketones is 1. The van der Waals surface area contributed by atoms with Gasteiger partial charge in [-0.25, -0.2) is 5.43 Å². The molecule has 6 nitrogen and oxygen atoms in total. The number of aryl methyl sites for hydroxylation is 1. The second kappa shape index (κ2) is 8.49. The third-order valence-electron chi connectivity index (χ3n) is 4.56. The molecule has 27 heavy (non-hydrogen) atoms. The fraction of sp³-hybridized carbons (Fsp3) is 0.286. The molecule has 3 rings (SSSR count). The SMILES string of the molecule is COc1ccc(C(=O)CCC(=O)N/N=C2\CCc3ccccc32)cc1OC. The maximum Gasteiger partial charge on any atom is 0.240 e. The summed E-state index contributed by atoms with van der Waals surface area (Å²) in [6.45, 7) is 0. The fourth-order valence-electron chi connectivity index (χ4n) is 3.09. The van der Waals surface area contributed by atoms with Crippen LogP contribution in [0.15, 0.2) is 47.6 Å². The minimum atomic E-state index is -0.277. The summed E-state index contributed by atoms with van der Waals surface area (Å²) >= 11 is 0. The molecule has 1 N–H and O–H groups in total. The van der Waals surface area contributed by atoms with Gasteiger partial charge in [-0.15, -0.1) is 0 Å². The third-order valence-corrected chi connectivity index (χ3v) is 4.56. The fourth-order valence-corrected chi connectivity index (χ4v) is 3.09. The van der Waals surface area contributed by atoms with Crippen LogP contribution in [-0.4, -0.2) is 31.6 Å². The zero-order valence-corrected chi connectivity index (χ0v) is 15.5. The third kappa shape index (κ3) is 4.34. The molecule has 0 saturated heterocycles. The lowest BCUT2D eigenvalue weighted by molar-refractivity contribution is -0.121. The molecule has 0 atom stereocenters. The Morgan fingerprint density at radius 3 is 2.56 bits per heavy atom. The monoisotopic (exact) mass is 366 g/mol. The first-order valence-corrected chi connectivity index (χ1v) is 8.81. The number of carbonyl (C=O) groups is 2. The number of nitrogens with one attached hydrogen (secondary N) is 1. The molecular formula is C21H22N2O4. The van der Waals surface area contributed by atoms with Crippen molar-refractivity contribution >= 4 is 17.4 Å². The van der Waals surface area contributed by atoms with Crippen LogP contribution in [0.1, 0.15) is 40.7 Å². The Morgan fingerprint density at radius 1 is 1.00 bits per heavy atom. The van der Waals surface area contributed by atoms with E-state index in [-0.39, 0.29) is 24.5 Å². The number of nitrogens with zero attached hydrogens (tertiary/aromatic N) is 1. The quantitative estimate of drug-likeness (QED) is 0.603.